The van der Waals surface area contributed by atoms with Crippen molar-refractivity contribution >= 4 is 6.09 Å². The molecule has 5 nitrogen and oxygen atoms in total. The molecule has 2 saturated heterocycles. The standard InChI is InChI=1S/C22H28F6N2O3/c1-14(15-9-16(21(23,24)25)11-17(10-15)22(26,27)28)32-13-20(2)6-5-18(12-29-20)33-19(31)30-7-3-4-8-30/h9-11,14,18,29H,3-8,12-13H2,1-2H3/t14-,18?,20-/m1/s1. The summed E-state index contributed by atoms with van der Waals surface area (Å²) in [6, 6.07) is 1.47. The number of piperidine rings is 1. The largest absolute Gasteiger partial charge is 0.445 e. The first kappa shape index (κ1) is 25.6. The smallest absolute Gasteiger partial charge is 0.416 e. The summed E-state index contributed by atoms with van der Waals surface area (Å²) in [5.41, 5.74) is -3.49. The van der Waals surface area contributed by atoms with Crippen LogP contribution in [0.15, 0.2) is 18.2 Å². The third-order valence-corrected chi connectivity index (χ3v) is 6.14. The molecule has 1 amide bonds. The molecule has 2 heterocycles. The van der Waals surface area contributed by atoms with Crippen molar-refractivity contribution in [3.63, 3.8) is 0 Å². The second-order valence-electron chi connectivity index (χ2n) is 8.97. The molecule has 0 aromatic heterocycles. The molecular formula is C22H28F6N2O3. The minimum atomic E-state index is -4.91. The van der Waals surface area contributed by atoms with Gasteiger partial charge in [0.1, 0.15) is 6.10 Å². The van der Waals surface area contributed by atoms with Crippen molar-refractivity contribution in [3.8, 4) is 0 Å². The Morgan fingerprint density at radius 1 is 1.12 bits per heavy atom. The minimum Gasteiger partial charge on any atom is -0.445 e. The first-order chi connectivity index (χ1) is 15.3. The van der Waals surface area contributed by atoms with E-state index >= 15 is 0 Å². The lowest BCUT2D eigenvalue weighted by atomic mass is 9.90. The number of rotatable bonds is 5. The topological polar surface area (TPSA) is 50.8 Å². The van der Waals surface area contributed by atoms with E-state index in [0.717, 1.165) is 12.8 Å². The van der Waals surface area contributed by atoms with Gasteiger partial charge in [0.25, 0.3) is 0 Å². The summed E-state index contributed by atoms with van der Waals surface area (Å²) in [5, 5.41) is 3.24. The van der Waals surface area contributed by atoms with Crippen LogP contribution in [-0.2, 0) is 21.8 Å². The van der Waals surface area contributed by atoms with E-state index < -0.39 is 35.1 Å². The fraction of sp³-hybridized carbons (Fsp3) is 0.682. The van der Waals surface area contributed by atoms with Crippen LogP contribution in [0.4, 0.5) is 31.1 Å². The highest BCUT2D eigenvalue weighted by molar-refractivity contribution is 5.68. The maximum atomic E-state index is 13.1. The zero-order chi connectivity index (χ0) is 24.4. The number of benzene rings is 1. The first-order valence-electron chi connectivity index (χ1n) is 10.9. The highest BCUT2D eigenvalue weighted by Gasteiger charge is 2.38. The number of ether oxygens (including phenoxy) is 2. The van der Waals surface area contributed by atoms with Crippen LogP contribution in [0.1, 0.15) is 62.3 Å². The van der Waals surface area contributed by atoms with Crippen LogP contribution in [0.5, 0.6) is 0 Å². The van der Waals surface area contributed by atoms with Crippen molar-refractivity contribution in [1.29, 1.82) is 0 Å². The van der Waals surface area contributed by atoms with Crippen LogP contribution >= 0.6 is 0 Å². The van der Waals surface area contributed by atoms with Crippen molar-refractivity contribution < 1.29 is 40.6 Å². The SMILES string of the molecule is C[C@@H](OC[C@@]1(C)CCC(OC(=O)N2CCCC2)CN1)c1cc(C(F)(F)F)cc(C(F)(F)F)c1. The van der Waals surface area contributed by atoms with Crippen molar-refractivity contribution in [1.82, 2.24) is 10.2 Å². The second-order valence-corrected chi connectivity index (χ2v) is 8.97. The summed E-state index contributed by atoms with van der Waals surface area (Å²) in [6.45, 7) is 5.10. The Kier molecular flexibility index (Phi) is 7.52. The number of likely N-dealkylation sites (tertiary alicyclic amines) is 1. The molecule has 0 bridgehead atoms. The van der Waals surface area contributed by atoms with E-state index in [1.807, 2.05) is 6.92 Å². The lowest BCUT2D eigenvalue weighted by molar-refractivity contribution is -0.143. The van der Waals surface area contributed by atoms with Gasteiger partial charge in [-0.3, -0.25) is 0 Å². The fourth-order valence-corrected chi connectivity index (χ4v) is 3.99. The van der Waals surface area contributed by atoms with Gasteiger partial charge in [-0.1, -0.05) is 0 Å². The number of halogens is 6. The zero-order valence-electron chi connectivity index (χ0n) is 18.5. The molecule has 33 heavy (non-hydrogen) atoms. The van der Waals surface area contributed by atoms with Gasteiger partial charge in [0.05, 0.1) is 23.8 Å². The summed E-state index contributed by atoms with van der Waals surface area (Å²) in [6.07, 6.45) is -8.39. The molecule has 186 valence electrons. The average molecular weight is 482 g/mol. The Balaban J connectivity index is 1.58. The van der Waals surface area contributed by atoms with Crippen LogP contribution in [0.2, 0.25) is 0 Å². The molecule has 3 atom stereocenters. The molecule has 2 aliphatic heterocycles. The second kappa shape index (κ2) is 9.69. The number of carbonyl (C=O) groups excluding carboxylic acids is 1. The highest BCUT2D eigenvalue weighted by Crippen LogP contribution is 2.38. The average Bonchev–Trinajstić information content (AvgIpc) is 3.27. The lowest BCUT2D eigenvalue weighted by Crippen LogP contribution is -2.54. The summed E-state index contributed by atoms with van der Waals surface area (Å²) < 4.78 is 89.9. The van der Waals surface area contributed by atoms with Gasteiger partial charge in [-0.15, -0.1) is 0 Å². The van der Waals surface area contributed by atoms with Crippen LogP contribution in [0.25, 0.3) is 0 Å². The maximum Gasteiger partial charge on any atom is 0.416 e. The van der Waals surface area contributed by atoms with Gasteiger partial charge in [-0.05, 0) is 63.3 Å². The maximum absolute atomic E-state index is 13.1. The number of hydrogen-bond acceptors (Lipinski definition) is 4. The number of hydrogen-bond donors (Lipinski definition) is 1. The van der Waals surface area contributed by atoms with Crippen LogP contribution < -0.4 is 5.32 Å². The van der Waals surface area contributed by atoms with Gasteiger partial charge in [0.15, 0.2) is 0 Å². The molecule has 11 heteroatoms. The molecule has 0 radical (unpaired) electrons. The Labute approximate surface area is 188 Å². The molecule has 0 saturated carbocycles. The van der Waals surface area contributed by atoms with Crippen molar-refractivity contribution in [2.75, 3.05) is 26.2 Å². The van der Waals surface area contributed by atoms with E-state index in [-0.39, 0.29) is 30.4 Å². The Morgan fingerprint density at radius 2 is 1.70 bits per heavy atom. The molecule has 0 aliphatic carbocycles. The third kappa shape index (κ3) is 6.75. The predicted octanol–water partition coefficient (Wildman–Crippen LogP) is 5.54. The Bertz CT molecular complexity index is 796. The van der Waals surface area contributed by atoms with Crippen LogP contribution in [-0.4, -0.2) is 48.9 Å². The van der Waals surface area contributed by atoms with Crippen LogP contribution in [0.3, 0.4) is 0 Å². The minimum absolute atomic E-state index is 0.0680. The first-order valence-corrected chi connectivity index (χ1v) is 10.9. The van der Waals surface area contributed by atoms with E-state index in [0.29, 0.717) is 44.6 Å². The molecule has 1 unspecified atom stereocenters. The van der Waals surface area contributed by atoms with Crippen molar-refractivity contribution in [2.45, 2.75) is 69.6 Å². The summed E-state index contributed by atoms with van der Waals surface area (Å²) in [7, 11) is 0. The summed E-state index contributed by atoms with van der Waals surface area (Å²) in [4.78, 5) is 13.8. The highest BCUT2D eigenvalue weighted by atomic mass is 19.4. The molecular weight excluding hydrogens is 454 g/mol. The van der Waals surface area contributed by atoms with E-state index in [1.54, 1.807) is 4.90 Å². The van der Waals surface area contributed by atoms with E-state index in [9.17, 15) is 31.1 Å². The van der Waals surface area contributed by atoms with Gasteiger partial charge in [0.2, 0.25) is 0 Å². The molecule has 2 aliphatic rings. The molecule has 1 aromatic rings. The Hall–Kier alpha value is -2.01. The monoisotopic (exact) mass is 482 g/mol. The third-order valence-electron chi connectivity index (χ3n) is 6.14. The molecule has 2 fully saturated rings. The molecule has 1 aromatic carbocycles. The van der Waals surface area contributed by atoms with Gasteiger partial charge < -0.3 is 19.7 Å². The number of alkyl halides is 6. The molecule has 1 N–H and O–H groups in total. The molecule has 3 rings (SSSR count). The lowest BCUT2D eigenvalue weighted by Gasteiger charge is -2.39. The van der Waals surface area contributed by atoms with Gasteiger partial charge in [-0.2, -0.15) is 26.3 Å². The van der Waals surface area contributed by atoms with Gasteiger partial charge in [0, 0.05) is 25.2 Å². The number of nitrogens with one attached hydrogen (secondary N) is 1. The predicted molar refractivity (Wildman–Crippen MR) is 108 cm³/mol. The summed E-state index contributed by atoms with van der Waals surface area (Å²) >= 11 is 0. The van der Waals surface area contributed by atoms with E-state index in [4.69, 9.17) is 9.47 Å². The van der Waals surface area contributed by atoms with E-state index in [1.165, 1.54) is 6.92 Å². The molecule has 0 spiro atoms. The number of carbonyl (C=O) groups is 1. The zero-order valence-corrected chi connectivity index (χ0v) is 18.5. The van der Waals surface area contributed by atoms with Gasteiger partial charge >= 0.3 is 18.4 Å². The quantitative estimate of drug-likeness (QED) is 0.560. The normalized spacial score (nSPS) is 25.2. The fourth-order valence-electron chi connectivity index (χ4n) is 3.99. The number of amides is 1. The van der Waals surface area contributed by atoms with Crippen LogP contribution in [0, 0.1) is 0 Å². The Morgan fingerprint density at radius 3 is 2.18 bits per heavy atom. The van der Waals surface area contributed by atoms with Crippen molar-refractivity contribution in [2.24, 2.45) is 0 Å². The van der Waals surface area contributed by atoms with Gasteiger partial charge in [-0.25, -0.2) is 4.79 Å². The van der Waals surface area contributed by atoms with Crippen molar-refractivity contribution in [3.05, 3.63) is 34.9 Å². The van der Waals surface area contributed by atoms with E-state index in [2.05, 4.69) is 5.32 Å². The summed E-state index contributed by atoms with van der Waals surface area (Å²) in [5.74, 6) is 0. The number of nitrogens with zero attached hydrogens (tertiary/aromatic N) is 1.